The SMILES string of the molecule is COc1ccccc1C(=O)COC(=O)[C@H](Cc1ccccc1)n1cnnn1. The maximum Gasteiger partial charge on any atom is 0.331 e. The van der Waals surface area contributed by atoms with Gasteiger partial charge in [0.15, 0.2) is 12.6 Å². The monoisotopic (exact) mass is 366 g/mol. The number of rotatable bonds is 8. The number of ether oxygens (including phenoxy) is 2. The van der Waals surface area contributed by atoms with Crippen molar-refractivity contribution in [2.75, 3.05) is 13.7 Å². The molecule has 0 aliphatic heterocycles. The lowest BCUT2D eigenvalue weighted by Gasteiger charge is -2.15. The Kier molecular flexibility index (Phi) is 5.88. The Morgan fingerprint density at radius 1 is 1.07 bits per heavy atom. The molecule has 1 heterocycles. The third kappa shape index (κ3) is 4.55. The van der Waals surface area contributed by atoms with Gasteiger partial charge in [-0.05, 0) is 28.1 Å². The molecule has 0 fully saturated rings. The van der Waals surface area contributed by atoms with Gasteiger partial charge in [-0.1, -0.05) is 42.5 Å². The van der Waals surface area contributed by atoms with Gasteiger partial charge in [0, 0.05) is 6.42 Å². The van der Waals surface area contributed by atoms with Crippen molar-refractivity contribution in [3.05, 3.63) is 72.1 Å². The Bertz CT molecular complexity index is 897. The predicted octanol–water partition coefficient (Wildman–Crippen LogP) is 1.89. The summed E-state index contributed by atoms with van der Waals surface area (Å²) < 4.78 is 11.7. The van der Waals surface area contributed by atoms with Crippen molar-refractivity contribution in [1.29, 1.82) is 0 Å². The first-order chi connectivity index (χ1) is 13.2. The van der Waals surface area contributed by atoms with Gasteiger partial charge >= 0.3 is 5.97 Å². The molecule has 0 amide bonds. The number of hydrogen-bond donors (Lipinski definition) is 0. The highest BCUT2D eigenvalue weighted by atomic mass is 16.5. The second-order valence-electron chi connectivity index (χ2n) is 5.73. The number of benzene rings is 2. The molecule has 8 nitrogen and oxygen atoms in total. The number of Topliss-reactive ketones (excluding diaryl/α,β-unsaturated/α-hetero) is 1. The van der Waals surface area contributed by atoms with E-state index in [-0.39, 0.29) is 5.78 Å². The van der Waals surface area contributed by atoms with Crippen LogP contribution in [0.5, 0.6) is 5.75 Å². The molecule has 0 aliphatic carbocycles. The van der Waals surface area contributed by atoms with E-state index in [1.807, 2.05) is 30.3 Å². The molecule has 0 N–H and O–H groups in total. The Morgan fingerprint density at radius 2 is 1.81 bits per heavy atom. The number of carbonyl (C=O) groups is 2. The lowest BCUT2D eigenvalue weighted by atomic mass is 10.1. The van der Waals surface area contributed by atoms with E-state index in [0.717, 1.165) is 5.56 Å². The third-order valence-electron chi connectivity index (χ3n) is 3.98. The van der Waals surface area contributed by atoms with Gasteiger partial charge in [-0.15, -0.1) is 5.10 Å². The first kappa shape index (κ1) is 18.2. The molecule has 0 spiro atoms. The molecular weight excluding hydrogens is 348 g/mol. The number of esters is 1. The molecule has 3 aromatic rings. The quantitative estimate of drug-likeness (QED) is 0.444. The summed E-state index contributed by atoms with van der Waals surface area (Å²) in [4.78, 5) is 25.0. The minimum atomic E-state index is -0.770. The number of methoxy groups -OCH3 is 1. The van der Waals surface area contributed by atoms with E-state index in [9.17, 15) is 9.59 Å². The Balaban J connectivity index is 1.70. The van der Waals surface area contributed by atoms with Crippen LogP contribution in [-0.2, 0) is 16.0 Å². The molecule has 3 rings (SSSR count). The van der Waals surface area contributed by atoms with Crippen LogP contribution in [-0.4, -0.2) is 45.7 Å². The second-order valence-corrected chi connectivity index (χ2v) is 5.73. The molecule has 8 heteroatoms. The van der Waals surface area contributed by atoms with Crippen LogP contribution in [0.4, 0.5) is 0 Å². The summed E-state index contributed by atoms with van der Waals surface area (Å²) in [5.74, 6) is -0.509. The van der Waals surface area contributed by atoms with Crippen LogP contribution < -0.4 is 4.74 Å². The van der Waals surface area contributed by atoms with Crippen LogP contribution in [0.1, 0.15) is 22.0 Å². The van der Waals surface area contributed by atoms with Crippen molar-refractivity contribution >= 4 is 11.8 Å². The molecule has 0 bridgehead atoms. The number of para-hydroxylation sites is 1. The number of tetrazole rings is 1. The molecule has 138 valence electrons. The third-order valence-corrected chi connectivity index (χ3v) is 3.98. The predicted molar refractivity (Wildman–Crippen MR) is 95.3 cm³/mol. The van der Waals surface area contributed by atoms with E-state index in [0.29, 0.717) is 17.7 Å². The van der Waals surface area contributed by atoms with Gasteiger partial charge < -0.3 is 9.47 Å². The fourth-order valence-corrected chi connectivity index (χ4v) is 2.62. The standard InChI is InChI=1S/C19H18N4O4/c1-26-18-10-6-5-9-15(18)17(24)12-27-19(25)16(23-13-20-21-22-23)11-14-7-3-2-4-8-14/h2-10,13,16H,11-12H2,1H3/t16-/m0/s1. The zero-order valence-electron chi connectivity index (χ0n) is 14.7. The molecule has 1 aromatic heterocycles. The van der Waals surface area contributed by atoms with E-state index in [1.54, 1.807) is 24.3 Å². The van der Waals surface area contributed by atoms with Crippen molar-refractivity contribution in [2.24, 2.45) is 0 Å². The summed E-state index contributed by atoms with van der Waals surface area (Å²) >= 11 is 0. The number of carbonyl (C=O) groups excluding carboxylic acids is 2. The molecule has 0 aliphatic rings. The van der Waals surface area contributed by atoms with Crippen molar-refractivity contribution in [3.63, 3.8) is 0 Å². The van der Waals surface area contributed by atoms with E-state index in [4.69, 9.17) is 9.47 Å². The number of ketones is 1. The van der Waals surface area contributed by atoms with Gasteiger partial charge in [0.2, 0.25) is 5.78 Å². The average molecular weight is 366 g/mol. The van der Waals surface area contributed by atoms with Crippen LogP contribution in [0.2, 0.25) is 0 Å². The maximum absolute atomic E-state index is 12.6. The highest BCUT2D eigenvalue weighted by Crippen LogP contribution is 2.19. The average Bonchev–Trinajstić information content (AvgIpc) is 3.25. The van der Waals surface area contributed by atoms with E-state index in [2.05, 4.69) is 15.5 Å². The maximum atomic E-state index is 12.6. The zero-order valence-corrected chi connectivity index (χ0v) is 14.7. The largest absolute Gasteiger partial charge is 0.496 e. The van der Waals surface area contributed by atoms with Gasteiger partial charge in [-0.25, -0.2) is 9.48 Å². The summed E-state index contributed by atoms with van der Waals surface area (Å²) in [5, 5.41) is 10.9. The van der Waals surface area contributed by atoms with Gasteiger partial charge in [-0.3, -0.25) is 4.79 Å². The van der Waals surface area contributed by atoms with Crippen LogP contribution in [0.3, 0.4) is 0 Å². The lowest BCUT2D eigenvalue weighted by molar-refractivity contribution is -0.146. The van der Waals surface area contributed by atoms with Crippen LogP contribution >= 0.6 is 0 Å². The topological polar surface area (TPSA) is 96.2 Å². The van der Waals surface area contributed by atoms with Crippen molar-refractivity contribution in [3.8, 4) is 5.75 Å². The molecule has 0 saturated carbocycles. The number of hydrogen-bond acceptors (Lipinski definition) is 7. The van der Waals surface area contributed by atoms with Gasteiger partial charge in [0.1, 0.15) is 12.1 Å². The highest BCUT2D eigenvalue weighted by molar-refractivity contribution is 6.00. The minimum Gasteiger partial charge on any atom is -0.496 e. The van der Waals surface area contributed by atoms with E-state index in [1.165, 1.54) is 18.1 Å². The van der Waals surface area contributed by atoms with Gasteiger partial charge in [-0.2, -0.15) is 0 Å². The minimum absolute atomic E-state index is 0.341. The van der Waals surface area contributed by atoms with Crippen LogP contribution in [0.15, 0.2) is 60.9 Å². The molecule has 0 radical (unpaired) electrons. The molecule has 2 aromatic carbocycles. The van der Waals surface area contributed by atoms with Crippen molar-refractivity contribution in [2.45, 2.75) is 12.5 Å². The van der Waals surface area contributed by atoms with Crippen molar-refractivity contribution < 1.29 is 19.1 Å². The first-order valence-electron chi connectivity index (χ1n) is 8.28. The van der Waals surface area contributed by atoms with Gasteiger partial charge in [0.25, 0.3) is 0 Å². The van der Waals surface area contributed by atoms with E-state index >= 15 is 0 Å². The Morgan fingerprint density at radius 3 is 2.52 bits per heavy atom. The molecule has 27 heavy (non-hydrogen) atoms. The fourth-order valence-electron chi connectivity index (χ4n) is 2.62. The Hall–Kier alpha value is -3.55. The lowest BCUT2D eigenvalue weighted by Crippen LogP contribution is -2.27. The smallest absolute Gasteiger partial charge is 0.331 e. The summed E-state index contributed by atoms with van der Waals surface area (Å²) in [5.41, 5.74) is 1.28. The zero-order chi connectivity index (χ0) is 19.1. The Labute approximate surface area is 155 Å². The van der Waals surface area contributed by atoms with E-state index < -0.39 is 18.6 Å². The van der Waals surface area contributed by atoms with Crippen LogP contribution in [0.25, 0.3) is 0 Å². The number of nitrogens with zero attached hydrogens (tertiary/aromatic N) is 4. The summed E-state index contributed by atoms with van der Waals surface area (Å²) in [7, 11) is 1.48. The summed E-state index contributed by atoms with van der Waals surface area (Å²) in [6, 6.07) is 15.4. The van der Waals surface area contributed by atoms with Gasteiger partial charge in [0.05, 0.1) is 12.7 Å². The molecule has 0 unspecified atom stereocenters. The molecular formula is C19H18N4O4. The van der Waals surface area contributed by atoms with Crippen LogP contribution in [0, 0.1) is 0 Å². The fraction of sp³-hybridized carbons (Fsp3) is 0.211. The molecule has 0 saturated heterocycles. The second kappa shape index (κ2) is 8.70. The normalized spacial score (nSPS) is 11.6. The number of aromatic nitrogens is 4. The summed E-state index contributed by atoms with van der Waals surface area (Å²) in [6.45, 7) is -0.396. The molecule has 1 atom stereocenters. The van der Waals surface area contributed by atoms with Crippen molar-refractivity contribution in [1.82, 2.24) is 20.2 Å². The highest BCUT2D eigenvalue weighted by Gasteiger charge is 2.25. The first-order valence-corrected chi connectivity index (χ1v) is 8.28. The summed E-state index contributed by atoms with van der Waals surface area (Å²) in [6.07, 6.45) is 1.68.